The minimum absolute atomic E-state index is 0.0677. The number of aromatic amines is 1. The van der Waals surface area contributed by atoms with Gasteiger partial charge in [-0.25, -0.2) is 0 Å². The predicted octanol–water partition coefficient (Wildman–Crippen LogP) is 1.86. The van der Waals surface area contributed by atoms with Gasteiger partial charge in [0.2, 0.25) is 11.8 Å². The highest BCUT2D eigenvalue weighted by Gasteiger charge is 2.09. The number of amides is 2. The Labute approximate surface area is 148 Å². The van der Waals surface area contributed by atoms with Crippen molar-refractivity contribution in [3.05, 3.63) is 39.8 Å². The van der Waals surface area contributed by atoms with E-state index < -0.39 is 0 Å². The highest BCUT2D eigenvalue weighted by molar-refractivity contribution is 7.99. The zero-order chi connectivity index (χ0) is 18.4. The van der Waals surface area contributed by atoms with E-state index in [0.29, 0.717) is 17.8 Å². The van der Waals surface area contributed by atoms with Crippen LogP contribution < -0.4 is 16.2 Å². The number of carbonyl (C=O) groups is 2. The lowest BCUT2D eigenvalue weighted by atomic mass is 10.1. The fourth-order valence-corrected chi connectivity index (χ4v) is 2.45. The molecule has 0 spiro atoms. The molecular weight excluding hydrogens is 342 g/mol. The summed E-state index contributed by atoms with van der Waals surface area (Å²) in [6, 6.07) is 5.28. The second-order valence-corrected chi connectivity index (χ2v) is 6.28. The van der Waals surface area contributed by atoms with E-state index in [0.717, 1.165) is 17.3 Å². The standard InChI is InChI=1S/C16H19N5O3S/c1-4-13(22)18-12-7-11(6-5-9(12)2)17-14(23)8-25-16-19-15(24)10(3)20-21-16/h5-7H,4,8H2,1-3H3,(H,17,23)(H,18,22)(H,19,21,24). The second kappa shape index (κ2) is 8.43. The van der Waals surface area contributed by atoms with E-state index in [-0.39, 0.29) is 34.0 Å². The minimum Gasteiger partial charge on any atom is -0.326 e. The third kappa shape index (κ3) is 5.42. The summed E-state index contributed by atoms with van der Waals surface area (Å²) in [6.45, 7) is 5.20. The Morgan fingerprint density at radius 3 is 2.60 bits per heavy atom. The smallest absolute Gasteiger partial charge is 0.273 e. The van der Waals surface area contributed by atoms with Gasteiger partial charge in [0, 0.05) is 17.8 Å². The number of benzene rings is 1. The normalized spacial score (nSPS) is 10.4. The summed E-state index contributed by atoms with van der Waals surface area (Å²) in [4.78, 5) is 37.6. The van der Waals surface area contributed by atoms with Crippen molar-refractivity contribution in [3.8, 4) is 0 Å². The van der Waals surface area contributed by atoms with Gasteiger partial charge in [0.25, 0.3) is 5.56 Å². The zero-order valence-electron chi connectivity index (χ0n) is 14.2. The quantitative estimate of drug-likeness (QED) is 0.676. The molecule has 0 saturated heterocycles. The number of carbonyl (C=O) groups excluding carboxylic acids is 2. The summed E-state index contributed by atoms with van der Waals surface area (Å²) >= 11 is 1.08. The van der Waals surface area contributed by atoms with E-state index >= 15 is 0 Å². The van der Waals surface area contributed by atoms with E-state index in [2.05, 4.69) is 25.8 Å². The Hall–Kier alpha value is -2.68. The molecule has 2 rings (SSSR count). The monoisotopic (exact) mass is 361 g/mol. The average Bonchev–Trinajstić information content (AvgIpc) is 2.58. The average molecular weight is 361 g/mol. The number of aromatic nitrogens is 3. The van der Waals surface area contributed by atoms with Crippen molar-refractivity contribution < 1.29 is 9.59 Å². The molecule has 25 heavy (non-hydrogen) atoms. The first-order valence-corrected chi connectivity index (χ1v) is 8.64. The lowest BCUT2D eigenvalue weighted by Crippen LogP contribution is -2.17. The van der Waals surface area contributed by atoms with Crippen LogP contribution in [0, 0.1) is 13.8 Å². The SMILES string of the molecule is CCC(=O)Nc1cc(NC(=O)CSc2nnc(C)c(=O)[nH]2)ccc1C. The predicted molar refractivity (Wildman–Crippen MR) is 96.8 cm³/mol. The molecule has 2 amide bonds. The third-order valence-electron chi connectivity index (χ3n) is 3.30. The molecule has 0 radical (unpaired) electrons. The van der Waals surface area contributed by atoms with Crippen molar-refractivity contribution in [2.75, 3.05) is 16.4 Å². The van der Waals surface area contributed by atoms with Crippen molar-refractivity contribution in [3.63, 3.8) is 0 Å². The van der Waals surface area contributed by atoms with Gasteiger partial charge >= 0.3 is 0 Å². The van der Waals surface area contributed by atoms with Crippen molar-refractivity contribution in [2.45, 2.75) is 32.3 Å². The molecule has 0 aliphatic rings. The molecular formula is C16H19N5O3S. The summed E-state index contributed by atoms with van der Waals surface area (Å²) in [6.07, 6.45) is 0.377. The van der Waals surface area contributed by atoms with Crippen LogP contribution in [-0.4, -0.2) is 32.7 Å². The molecule has 0 fully saturated rings. The fraction of sp³-hybridized carbons (Fsp3) is 0.312. The number of H-pyrrole nitrogens is 1. The van der Waals surface area contributed by atoms with Crippen LogP contribution in [-0.2, 0) is 9.59 Å². The highest BCUT2D eigenvalue weighted by Crippen LogP contribution is 2.21. The summed E-state index contributed by atoms with van der Waals surface area (Å²) in [5.41, 5.74) is 2.08. The molecule has 0 bridgehead atoms. The zero-order valence-corrected chi connectivity index (χ0v) is 15.0. The Morgan fingerprint density at radius 2 is 1.92 bits per heavy atom. The van der Waals surface area contributed by atoms with Crippen LogP contribution in [0.4, 0.5) is 11.4 Å². The maximum atomic E-state index is 12.1. The molecule has 0 atom stereocenters. The molecule has 8 nitrogen and oxygen atoms in total. The van der Waals surface area contributed by atoms with Crippen LogP contribution in [0.5, 0.6) is 0 Å². The van der Waals surface area contributed by atoms with Crippen LogP contribution >= 0.6 is 11.8 Å². The van der Waals surface area contributed by atoms with Crippen LogP contribution in [0.25, 0.3) is 0 Å². The lowest BCUT2D eigenvalue weighted by Gasteiger charge is -2.11. The van der Waals surface area contributed by atoms with Gasteiger partial charge in [0.1, 0.15) is 5.69 Å². The largest absolute Gasteiger partial charge is 0.326 e. The number of thioether (sulfide) groups is 1. The number of nitrogens with one attached hydrogen (secondary N) is 3. The number of hydrogen-bond acceptors (Lipinski definition) is 6. The third-order valence-corrected chi connectivity index (χ3v) is 4.16. The van der Waals surface area contributed by atoms with Gasteiger partial charge < -0.3 is 10.6 Å². The lowest BCUT2D eigenvalue weighted by molar-refractivity contribution is -0.116. The van der Waals surface area contributed by atoms with Crippen LogP contribution in [0.2, 0.25) is 0 Å². The van der Waals surface area contributed by atoms with Gasteiger partial charge in [-0.2, -0.15) is 0 Å². The summed E-state index contributed by atoms with van der Waals surface area (Å²) < 4.78 is 0. The highest BCUT2D eigenvalue weighted by atomic mass is 32.2. The molecule has 9 heteroatoms. The van der Waals surface area contributed by atoms with E-state index in [4.69, 9.17) is 0 Å². The number of aryl methyl sites for hydroxylation is 2. The van der Waals surface area contributed by atoms with Gasteiger partial charge in [-0.15, -0.1) is 10.2 Å². The number of anilines is 2. The molecule has 1 aromatic heterocycles. The maximum Gasteiger partial charge on any atom is 0.273 e. The Balaban J connectivity index is 1.97. The van der Waals surface area contributed by atoms with Gasteiger partial charge in [-0.1, -0.05) is 24.8 Å². The van der Waals surface area contributed by atoms with E-state index in [1.165, 1.54) is 0 Å². The Bertz CT molecular complexity index is 850. The number of nitrogens with zero attached hydrogens (tertiary/aromatic N) is 2. The van der Waals surface area contributed by atoms with Crippen molar-refractivity contribution in [1.29, 1.82) is 0 Å². The molecule has 0 aliphatic heterocycles. The van der Waals surface area contributed by atoms with Gasteiger partial charge in [0.05, 0.1) is 5.75 Å². The first kappa shape index (κ1) is 18.7. The molecule has 0 aliphatic carbocycles. The maximum absolute atomic E-state index is 12.1. The molecule has 3 N–H and O–H groups in total. The number of rotatable bonds is 6. The number of hydrogen-bond donors (Lipinski definition) is 3. The van der Waals surface area contributed by atoms with Crippen molar-refractivity contribution in [1.82, 2.24) is 15.2 Å². The first-order chi connectivity index (χ1) is 11.9. The summed E-state index contributed by atoms with van der Waals surface area (Å²) in [5.74, 6) is -0.285. The van der Waals surface area contributed by atoms with Crippen molar-refractivity contribution >= 4 is 35.0 Å². The van der Waals surface area contributed by atoms with E-state index in [1.807, 2.05) is 13.0 Å². The molecule has 132 valence electrons. The summed E-state index contributed by atoms with van der Waals surface area (Å²) in [5, 5.41) is 13.3. The Kier molecular flexibility index (Phi) is 6.29. The van der Waals surface area contributed by atoms with Gasteiger partial charge in [-0.3, -0.25) is 19.4 Å². The Morgan fingerprint density at radius 1 is 1.16 bits per heavy atom. The van der Waals surface area contributed by atoms with Crippen LogP contribution in [0.1, 0.15) is 24.6 Å². The fourth-order valence-electron chi connectivity index (χ4n) is 1.85. The van der Waals surface area contributed by atoms with E-state index in [1.54, 1.807) is 26.0 Å². The summed E-state index contributed by atoms with van der Waals surface area (Å²) in [7, 11) is 0. The topological polar surface area (TPSA) is 117 Å². The van der Waals surface area contributed by atoms with Gasteiger partial charge in [-0.05, 0) is 31.5 Å². The molecule has 0 saturated carbocycles. The second-order valence-electron chi connectivity index (χ2n) is 5.31. The van der Waals surface area contributed by atoms with Crippen molar-refractivity contribution in [2.24, 2.45) is 0 Å². The molecule has 0 unspecified atom stereocenters. The molecule has 1 aromatic carbocycles. The van der Waals surface area contributed by atoms with Crippen LogP contribution in [0.3, 0.4) is 0 Å². The molecule has 1 heterocycles. The molecule has 2 aromatic rings. The van der Waals surface area contributed by atoms with E-state index in [9.17, 15) is 14.4 Å². The van der Waals surface area contributed by atoms with Gasteiger partial charge in [0.15, 0.2) is 5.16 Å². The minimum atomic E-state index is -0.326. The van der Waals surface area contributed by atoms with Crippen LogP contribution in [0.15, 0.2) is 28.2 Å². The first-order valence-electron chi connectivity index (χ1n) is 7.65.